The van der Waals surface area contributed by atoms with E-state index in [4.69, 9.17) is 37.9 Å². The van der Waals surface area contributed by atoms with Crippen molar-refractivity contribution < 1.29 is 81.4 Å². The predicted molar refractivity (Wildman–Crippen MR) is 297 cm³/mol. The fraction of sp³-hybridized carbons (Fsp3) is 0.852. The Balaban J connectivity index is 5.98. The fourth-order valence-corrected chi connectivity index (χ4v) is 7.15. The number of unbranched alkanes of at least 4 members (excludes halogenated alkanes) is 1. The molecular weight excluding hydrogens is 1040 g/mol. The summed E-state index contributed by atoms with van der Waals surface area (Å²) in [5, 5.41) is 18.7. The number of carbonyl (C=O) groups is 8. The molecule has 0 aliphatic carbocycles. The lowest BCUT2D eigenvalue weighted by atomic mass is 10.1. The Kier molecular flexibility index (Phi) is 30.3. The highest BCUT2D eigenvalue weighted by Crippen LogP contribution is 2.18. The van der Waals surface area contributed by atoms with Crippen LogP contribution in [0.15, 0.2) is 0 Å². The Morgan fingerprint density at radius 1 is 0.449 bits per heavy atom. The molecule has 6 amide bonds. The number of nitrogens with zero attached hydrogens (tertiary/aromatic N) is 3. The highest BCUT2D eigenvalue weighted by atomic mass is 32.2. The van der Waals surface area contributed by atoms with Crippen molar-refractivity contribution in [1.82, 2.24) is 30.7 Å². The Labute approximate surface area is 469 Å². The van der Waals surface area contributed by atoms with Crippen LogP contribution in [0.2, 0.25) is 0 Å². The molecule has 0 fully saturated rings. The van der Waals surface area contributed by atoms with Gasteiger partial charge in [-0.25, -0.2) is 28.8 Å². The summed E-state index contributed by atoms with van der Waals surface area (Å²) in [6, 6.07) is -2.50. The number of esters is 2. The van der Waals surface area contributed by atoms with Crippen LogP contribution in [0, 0.1) is 0 Å². The molecule has 23 nitrogen and oxygen atoms in total. The quantitative estimate of drug-likeness (QED) is 0.0345. The van der Waals surface area contributed by atoms with Crippen LogP contribution in [0.4, 0.5) is 24.0 Å². The summed E-state index contributed by atoms with van der Waals surface area (Å²) < 4.78 is 44.4. The summed E-state index contributed by atoms with van der Waals surface area (Å²) in [6.07, 6.45) is -3.11. The maximum Gasteiger partial charge on any atom is 0.410 e. The largest absolute Gasteiger partial charge is 0.462 e. The first-order valence-electron chi connectivity index (χ1n) is 26.7. The molecule has 0 saturated heterocycles. The van der Waals surface area contributed by atoms with Crippen LogP contribution in [-0.4, -0.2) is 196 Å². The average Bonchev–Trinajstić information content (AvgIpc) is 3.20. The van der Waals surface area contributed by atoms with Gasteiger partial charge in [-0.3, -0.25) is 14.5 Å². The minimum absolute atomic E-state index is 0.0450. The zero-order valence-electron chi connectivity index (χ0n) is 51.1. The fourth-order valence-electron chi connectivity index (χ4n) is 6.18. The van der Waals surface area contributed by atoms with Gasteiger partial charge < -0.3 is 68.8 Å². The molecule has 0 aromatic carbocycles. The number of thioether (sulfide) groups is 1. The molecule has 454 valence electrons. The van der Waals surface area contributed by atoms with Gasteiger partial charge in [0.15, 0.2) is 6.04 Å². The van der Waals surface area contributed by atoms with E-state index >= 15 is 0 Å². The predicted octanol–water partition coefficient (Wildman–Crippen LogP) is 7.96. The van der Waals surface area contributed by atoms with Crippen molar-refractivity contribution in [1.29, 1.82) is 0 Å². The van der Waals surface area contributed by atoms with Gasteiger partial charge >= 0.3 is 42.4 Å². The third-order valence-corrected chi connectivity index (χ3v) is 10.4. The smallest absolute Gasteiger partial charge is 0.410 e. The van der Waals surface area contributed by atoms with Crippen LogP contribution in [0.1, 0.15) is 171 Å². The van der Waals surface area contributed by atoms with Gasteiger partial charge in [0.25, 0.3) is 0 Å². The SMILES string of the molecule is CC(C)(C)OC[C@H](NC(=O)[C@H](CSC[C@H](O)COC(=O)CN(CCCN(CCCCN(CCCNC(=O)OC(C)(C)C)C(=O)OC(C)(C)C)C(=O)OC(C)(C)C)C(=O)OC(C)(C)C)NC(=O)OC(C)(C)C)C(=O)OC(C)(C)C. The first kappa shape index (κ1) is 73.0. The Morgan fingerprint density at radius 2 is 0.859 bits per heavy atom. The maximum absolute atomic E-state index is 13.7. The molecule has 0 aliphatic rings. The molecule has 0 spiro atoms. The van der Waals surface area contributed by atoms with Crippen LogP contribution in [-0.2, 0) is 52.3 Å². The third-order valence-electron chi connectivity index (χ3n) is 9.24. The molecule has 4 N–H and O–H groups in total. The van der Waals surface area contributed by atoms with Gasteiger partial charge in [-0.05, 0) is 171 Å². The summed E-state index contributed by atoms with van der Waals surface area (Å²) in [5.74, 6) is -2.54. The van der Waals surface area contributed by atoms with E-state index in [-0.39, 0.29) is 57.3 Å². The van der Waals surface area contributed by atoms with E-state index in [1.165, 1.54) is 4.90 Å². The van der Waals surface area contributed by atoms with E-state index in [9.17, 15) is 43.5 Å². The Bertz CT molecular complexity index is 1910. The number of aliphatic hydroxyl groups excluding tert-OH is 1. The molecule has 0 aromatic heterocycles. The van der Waals surface area contributed by atoms with E-state index in [1.807, 2.05) is 0 Å². The molecule has 24 heteroatoms. The van der Waals surface area contributed by atoms with Gasteiger partial charge in [-0.15, -0.1) is 0 Å². The lowest BCUT2D eigenvalue weighted by Crippen LogP contribution is -2.55. The van der Waals surface area contributed by atoms with Gasteiger partial charge in [0.1, 0.15) is 52.8 Å². The topological polar surface area (TPSA) is 276 Å². The number of hydrogen-bond donors (Lipinski definition) is 4. The van der Waals surface area contributed by atoms with Crippen molar-refractivity contribution >= 4 is 60.1 Å². The number of aliphatic hydroxyl groups is 1. The van der Waals surface area contributed by atoms with E-state index in [0.29, 0.717) is 25.8 Å². The van der Waals surface area contributed by atoms with Crippen LogP contribution in [0.5, 0.6) is 0 Å². The molecule has 0 rings (SSSR count). The number of carbonyl (C=O) groups excluding carboxylic acids is 8. The van der Waals surface area contributed by atoms with Crippen LogP contribution >= 0.6 is 11.8 Å². The molecule has 78 heavy (non-hydrogen) atoms. The van der Waals surface area contributed by atoms with Gasteiger partial charge in [-0.2, -0.15) is 11.8 Å². The summed E-state index contributed by atoms with van der Waals surface area (Å²) >= 11 is 1.05. The normalized spacial score (nSPS) is 13.6. The highest BCUT2D eigenvalue weighted by molar-refractivity contribution is 7.99. The molecule has 0 unspecified atom stereocenters. The summed E-state index contributed by atoms with van der Waals surface area (Å²) in [5.41, 5.74) is -5.61. The van der Waals surface area contributed by atoms with Crippen LogP contribution in [0.3, 0.4) is 0 Å². The average molecular weight is 1140 g/mol. The molecule has 0 aliphatic heterocycles. The molecule has 0 radical (unpaired) electrons. The van der Waals surface area contributed by atoms with Crippen molar-refractivity contribution in [3.63, 3.8) is 0 Å². The number of ether oxygens (including phenoxy) is 8. The van der Waals surface area contributed by atoms with Crippen molar-refractivity contribution in [3.05, 3.63) is 0 Å². The first-order chi connectivity index (χ1) is 35.2. The van der Waals surface area contributed by atoms with Gasteiger partial charge in [0.05, 0.1) is 18.3 Å². The lowest BCUT2D eigenvalue weighted by Gasteiger charge is -2.30. The van der Waals surface area contributed by atoms with E-state index in [2.05, 4.69) is 16.0 Å². The Hall–Kier alpha value is -4.97. The number of rotatable bonds is 27. The second-order valence-corrected chi connectivity index (χ2v) is 26.8. The monoisotopic (exact) mass is 1140 g/mol. The van der Waals surface area contributed by atoms with E-state index in [0.717, 1.165) is 16.7 Å². The summed E-state index contributed by atoms with van der Waals surface area (Å²) in [6.45, 7) is 36.0. The third kappa shape index (κ3) is 39.4. The standard InChI is InChI=1S/C54H100N6O17S/c1-48(2,3)71-34-38(42(64)72-49(4,5)6)56-41(63)39(57-44(66)74-51(10,11)12)36-78-35-37(61)33-70-40(62)32-60(47(69)77-54(19,20)21)31-25-30-59(46(68)76-53(16,17)18)28-23-22-27-58(45(67)75-52(13,14)15)29-24-26-55-43(65)73-50(7,8)9/h37-39,61H,22-36H2,1-21H3,(H,55,65)(H,56,63)(H,57,66)/t37-,38+,39+/m1/s1. The van der Waals surface area contributed by atoms with Crippen molar-refractivity contribution in [3.8, 4) is 0 Å². The second kappa shape index (κ2) is 32.3. The van der Waals surface area contributed by atoms with Crippen molar-refractivity contribution in [2.24, 2.45) is 0 Å². The van der Waals surface area contributed by atoms with Crippen molar-refractivity contribution in [2.75, 3.05) is 70.5 Å². The van der Waals surface area contributed by atoms with Crippen molar-refractivity contribution in [2.45, 2.75) is 228 Å². The lowest BCUT2D eigenvalue weighted by molar-refractivity contribution is -0.162. The van der Waals surface area contributed by atoms with Gasteiger partial charge in [0.2, 0.25) is 5.91 Å². The molecule has 0 heterocycles. The van der Waals surface area contributed by atoms with E-state index < -0.39 is 119 Å². The molecule has 0 bridgehead atoms. The zero-order chi connectivity index (χ0) is 60.7. The van der Waals surface area contributed by atoms with Gasteiger partial charge in [-0.1, -0.05) is 0 Å². The molecule has 0 saturated carbocycles. The molecule has 3 atom stereocenters. The minimum atomic E-state index is -1.26. The second-order valence-electron chi connectivity index (χ2n) is 25.8. The Morgan fingerprint density at radius 3 is 1.31 bits per heavy atom. The minimum Gasteiger partial charge on any atom is -0.462 e. The number of alkyl carbamates (subject to hydrolysis) is 2. The zero-order valence-corrected chi connectivity index (χ0v) is 51.9. The highest BCUT2D eigenvalue weighted by Gasteiger charge is 2.33. The van der Waals surface area contributed by atoms with Crippen LogP contribution < -0.4 is 16.0 Å². The number of nitrogens with one attached hydrogen (secondary N) is 3. The maximum atomic E-state index is 13.7. The number of amides is 6. The summed E-state index contributed by atoms with van der Waals surface area (Å²) in [4.78, 5) is 110. The first-order valence-corrected chi connectivity index (χ1v) is 27.9. The molecule has 0 aromatic rings. The van der Waals surface area contributed by atoms with Crippen LogP contribution in [0.25, 0.3) is 0 Å². The van der Waals surface area contributed by atoms with Gasteiger partial charge in [0, 0.05) is 50.8 Å². The van der Waals surface area contributed by atoms with E-state index in [1.54, 1.807) is 150 Å². The number of hydrogen-bond acceptors (Lipinski definition) is 18. The summed E-state index contributed by atoms with van der Waals surface area (Å²) in [7, 11) is 0. The molecular formula is C54H100N6O17S.